The Kier molecular flexibility index (Phi) is 5.30. The molecule has 0 aliphatic carbocycles. The van der Waals surface area contributed by atoms with Crippen LogP contribution in [0.2, 0.25) is 0 Å². The third-order valence-corrected chi connectivity index (χ3v) is 3.24. The van der Waals surface area contributed by atoms with Gasteiger partial charge < -0.3 is 5.32 Å². The second kappa shape index (κ2) is 6.51. The van der Waals surface area contributed by atoms with Crippen LogP contribution in [0.15, 0.2) is 24.3 Å². The van der Waals surface area contributed by atoms with Crippen LogP contribution in [-0.4, -0.2) is 13.1 Å². The van der Waals surface area contributed by atoms with Gasteiger partial charge in [0, 0.05) is 18.5 Å². The highest BCUT2D eigenvalue weighted by Gasteiger charge is 2.23. The molecule has 0 radical (unpaired) electrons. The van der Waals surface area contributed by atoms with Gasteiger partial charge in [-0.25, -0.2) is 4.39 Å². The molecule has 1 unspecified atom stereocenters. The normalized spacial score (nSPS) is 13.1. The first-order chi connectivity index (χ1) is 8.51. The lowest BCUT2D eigenvalue weighted by Gasteiger charge is -2.26. The van der Waals surface area contributed by atoms with Gasteiger partial charge in [-0.2, -0.15) is 5.26 Å². The first kappa shape index (κ1) is 14.7. The molecule has 1 aromatic rings. The van der Waals surface area contributed by atoms with Crippen molar-refractivity contribution in [1.29, 1.82) is 5.26 Å². The molecule has 1 atom stereocenters. The van der Waals surface area contributed by atoms with Gasteiger partial charge in [0.05, 0.1) is 12.0 Å². The number of nitriles is 1. The van der Waals surface area contributed by atoms with Crippen LogP contribution >= 0.6 is 0 Å². The zero-order valence-electron chi connectivity index (χ0n) is 11.3. The van der Waals surface area contributed by atoms with Gasteiger partial charge in [0.2, 0.25) is 0 Å². The Balaban J connectivity index is 2.61. The molecule has 18 heavy (non-hydrogen) atoms. The molecule has 0 amide bonds. The van der Waals surface area contributed by atoms with E-state index >= 15 is 0 Å². The molecule has 0 heterocycles. The molecule has 1 N–H and O–H groups in total. The Morgan fingerprint density at radius 2 is 2.06 bits per heavy atom. The van der Waals surface area contributed by atoms with E-state index in [1.165, 1.54) is 6.07 Å². The molecule has 0 aliphatic heterocycles. The van der Waals surface area contributed by atoms with Gasteiger partial charge in [-0.15, -0.1) is 0 Å². The Morgan fingerprint density at radius 1 is 1.39 bits per heavy atom. The van der Waals surface area contributed by atoms with E-state index in [1.54, 1.807) is 6.07 Å². The lowest BCUT2D eigenvalue weighted by Crippen LogP contribution is -2.36. The quantitative estimate of drug-likeness (QED) is 0.839. The maximum atomic E-state index is 13.7. The van der Waals surface area contributed by atoms with E-state index in [0.29, 0.717) is 18.7 Å². The summed E-state index contributed by atoms with van der Waals surface area (Å²) in [6, 6.07) is 9.11. The number of hydrogen-bond donors (Lipinski definition) is 1. The average Bonchev–Trinajstić information content (AvgIpc) is 2.35. The van der Waals surface area contributed by atoms with Gasteiger partial charge >= 0.3 is 0 Å². The van der Waals surface area contributed by atoms with Gasteiger partial charge in [-0.3, -0.25) is 0 Å². The van der Waals surface area contributed by atoms with Gasteiger partial charge in [0.25, 0.3) is 0 Å². The topological polar surface area (TPSA) is 35.8 Å². The highest BCUT2D eigenvalue weighted by molar-refractivity contribution is 5.25. The van der Waals surface area contributed by atoms with E-state index in [1.807, 2.05) is 32.9 Å². The summed E-state index contributed by atoms with van der Waals surface area (Å²) in [6.07, 6.45) is 0.837. The molecular formula is C15H21FN2. The van der Waals surface area contributed by atoms with Crippen LogP contribution in [0.3, 0.4) is 0 Å². The Bertz CT molecular complexity index is 421. The van der Waals surface area contributed by atoms with E-state index in [-0.39, 0.29) is 17.2 Å². The van der Waals surface area contributed by atoms with Crippen LogP contribution in [0.1, 0.15) is 32.8 Å². The van der Waals surface area contributed by atoms with Crippen molar-refractivity contribution in [3.63, 3.8) is 0 Å². The molecule has 0 bridgehead atoms. The first-order valence-corrected chi connectivity index (χ1v) is 6.36. The zero-order chi connectivity index (χ0) is 13.6. The van der Waals surface area contributed by atoms with Crippen molar-refractivity contribution < 1.29 is 4.39 Å². The Morgan fingerprint density at radius 3 is 2.61 bits per heavy atom. The fourth-order valence-corrected chi connectivity index (χ4v) is 1.95. The van der Waals surface area contributed by atoms with Crippen LogP contribution in [-0.2, 0) is 5.41 Å². The standard InChI is InChI=1S/C15H21FN2/c1-4-12(9-17)10-18-11-15(2,3)13-7-5-6-8-14(13)16/h5-8,12,18H,4,10-11H2,1-3H3. The molecule has 2 nitrogen and oxygen atoms in total. The zero-order valence-corrected chi connectivity index (χ0v) is 11.3. The predicted molar refractivity (Wildman–Crippen MR) is 71.7 cm³/mol. The highest BCUT2D eigenvalue weighted by Crippen LogP contribution is 2.24. The van der Waals surface area contributed by atoms with E-state index in [2.05, 4.69) is 11.4 Å². The third-order valence-electron chi connectivity index (χ3n) is 3.24. The van der Waals surface area contributed by atoms with Gasteiger partial charge in [0.15, 0.2) is 0 Å². The second-order valence-electron chi connectivity index (χ2n) is 5.23. The fourth-order valence-electron chi connectivity index (χ4n) is 1.95. The average molecular weight is 248 g/mol. The molecule has 0 saturated carbocycles. The SMILES string of the molecule is CCC(C#N)CNCC(C)(C)c1ccccc1F. The van der Waals surface area contributed by atoms with E-state index in [4.69, 9.17) is 5.26 Å². The molecule has 98 valence electrons. The predicted octanol–water partition coefficient (Wildman–Crippen LogP) is 3.24. The number of nitrogens with zero attached hydrogens (tertiary/aromatic N) is 1. The van der Waals surface area contributed by atoms with Crippen LogP contribution in [0.4, 0.5) is 4.39 Å². The van der Waals surface area contributed by atoms with Crippen molar-refractivity contribution in [3.05, 3.63) is 35.6 Å². The summed E-state index contributed by atoms with van der Waals surface area (Å²) in [5.74, 6) is -0.141. The van der Waals surface area contributed by atoms with Crippen molar-refractivity contribution >= 4 is 0 Å². The lowest BCUT2D eigenvalue weighted by atomic mass is 9.84. The minimum Gasteiger partial charge on any atom is -0.315 e. The summed E-state index contributed by atoms with van der Waals surface area (Å²) in [6.45, 7) is 7.33. The molecule has 0 fully saturated rings. The third kappa shape index (κ3) is 3.82. The second-order valence-corrected chi connectivity index (χ2v) is 5.23. The smallest absolute Gasteiger partial charge is 0.126 e. The molecule has 0 aromatic heterocycles. The number of rotatable bonds is 6. The maximum Gasteiger partial charge on any atom is 0.126 e. The summed E-state index contributed by atoms with van der Waals surface area (Å²) in [7, 11) is 0. The number of nitrogens with one attached hydrogen (secondary N) is 1. The molecule has 1 rings (SSSR count). The van der Waals surface area contributed by atoms with Crippen molar-refractivity contribution in [1.82, 2.24) is 5.32 Å². The highest BCUT2D eigenvalue weighted by atomic mass is 19.1. The molecule has 3 heteroatoms. The molecular weight excluding hydrogens is 227 g/mol. The molecule has 0 aliphatic rings. The Labute approximate surface area is 109 Å². The summed E-state index contributed by atoms with van der Waals surface area (Å²) >= 11 is 0. The molecule has 1 aromatic carbocycles. The first-order valence-electron chi connectivity index (χ1n) is 6.36. The summed E-state index contributed by atoms with van der Waals surface area (Å²) < 4.78 is 13.7. The van der Waals surface area contributed by atoms with Crippen LogP contribution in [0.25, 0.3) is 0 Å². The van der Waals surface area contributed by atoms with Gasteiger partial charge in [-0.05, 0) is 18.1 Å². The van der Waals surface area contributed by atoms with Crippen LogP contribution in [0.5, 0.6) is 0 Å². The summed E-state index contributed by atoms with van der Waals surface area (Å²) in [5, 5.41) is 12.1. The number of benzene rings is 1. The monoisotopic (exact) mass is 248 g/mol. The summed E-state index contributed by atoms with van der Waals surface area (Å²) in [4.78, 5) is 0. The minimum absolute atomic E-state index is 0.0291. The lowest BCUT2D eigenvalue weighted by molar-refractivity contribution is 0.427. The van der Waals surface area contributed by atoms with Crippen molar-refractivity contribution in [2.24, 2.45) is 5.92 Å². The van der Waals surface area contributed by atoms with E-state index in [9.17, 15) is 4.39 Å². The van der Waals surface area contributed by atoms with Gasteiger partial charge in [-0.1, -0.05) is 39.0 Å². The van der Waals surface area contributed by atoms with Crippen LogP contribution in [0, 0.1) is 23.1 Å². The fraction of sp³-hybridized carbons (Fsp3) is 0.533. The molecule has 0 saturated heterocycles. The van der Waals surface area contributed by atoms with Gasteiger partial charge in [0.1, 0.15) is 5.82 Å². The summed E-state index contributed by atoms with van der Waals surface area (Å²) in [5.41, 5.74) is 0.432. The number of hydrogen-bond acceptors (Lipinski definition) is 2. The van der Waals surface area contributed by atoms with E-state index in [0.717, 1.165) is 6.42 Å². The van der Waals surface area contributed by atoms with Crippen molar-refractivity contribution in [2.45, 2.75) is 32.6 Å². The van der Waals surface area contributed by atoms with Crippen LogP contribution < -0.4 is 5.32 Å². The van der Waals surface area contributed by atoms with Crippen molar-refractivity contribution in [3.8, 4) is 6.07 Å². The van der Waals surface area contributed by atoms with Crippen molar-refractivity contribution in [2.75, 3.05) is 13.1 Å². The Hall–Kier alpha value is -1.40. The largest absolute Gasteiger partial charge is 0.315 e. The van der Waals surface area contributed by atoms with E-state index < -0.39 is 0 Å². The minimum atomic E-state index is -0.279. The number of halogens is 1. The molecule has 0 spiro atoms. The maximum absolute atomic E-state index is 13.7.